The zero-order valence-corrected chi connectivity index (χ0v) is 13.6. The smallest absolute Gasteiger partial charge is 0.323 e. The summed E-state index contributed by atoms with van der Waals surface area (Å²) < 4.78 is 0. The van der Waals surface area contributed by atoms with Crippen LogP contribution in [0.15, 0.2) is 18.2 Å². The van der Waals surface area contributed by atoms with E-state index >= 15 is 0 Å². The molecule has 1 aromatic rings. The van der Waals surface area contributed by atoms with E-state index in [1.54, 1.807) is 6.92 Å². The largest absolute Gasteiger partial charge is 0.334 e. The lowest BCUT2D eigenvalue weighted by Crippen LogP contribution is -2.39. The van der Waals surface area contributed by atoms with Crippen LogP contribution in [0.3, 0.4) is 0 Å². The van der Waals surface area contributed by atoms with E-state index in [0.717, 1.165) is 4.90 Å². The molecule has 0 spiro atoms. The lowest BCUT2D eigenvalue weighted by Gasteiger charge is -2.15. The van der Waals surface area contributed by atoms with Crippen LogP contribution in [0.5, 0.6) is 0 Å². The zero-order valence-electron chi connectivity index (χ0n) is 12.1. The molecular weight excluding hydrogens is 345 g/mol. The van der Waals surface area contributed by atoms with Crippen molar-refractivity contribution in [3.8, 4) is 0 Å². The van der Waals surface area contributed by atoms with E-state index in [4.69, 9.17) is 23.2 Å². The summed E-state index contributed by atoms with van der Waals surface area (Å²) in [6.07, 6.45) is 0.519. The highest BCUT2D eigenvalue weighted by molar-refractivity contribution is 6.45. The number of nitrogens with one attached hydrogen (secondary N) is 1. The highest BCUT2D eigenvalue weighted by Crippen LogP contribution is 2.25. The van der Waals surface area contributed by atoms with E-state index in [1.165, 1.54) is 18.2 Å². The van der Waals surface area contributed by atoms with Crippen molar-refractivity contribution in [3.05, 3.63) is 28.2 Å². The number of carbonyl (C=O) groups is 4. The number of halogens is 2. The lowest BCUT2D eigenvalue weighted by molar-refractivity contribution is -0.143. The van der Waals surface area contributed by atoms with Crippen molar-refractivity contribution in [1.29, 1.82) is 0 Å². The van der Waals surface area contributed by atoms with Crippen molar-refractivity contribution in [3.63, 3.8) is 0 Å². The van der Waals surface area contributed by atoms with Crippen LogP contribution in [-0.4, -0.2) is 46.6 Å². The fourth-order valence-corrected chi connectivity index (χ4v) is 2.49. The Hall–Kier alpha value is -2.12. The van der Waals surface area contributed by atoms with Crippen LogP contribution in [0.25, 0.3) is 0 Å². The molecule has 0 bridgehead atoms. The number of rotatable bonds is 5. The summed E-state index contributed by atoms with van der Waals surface area (Å²) in [6, 6.07) is 3.67. The van der Waals surface area contributed by atoms with E-state index < -0.39 is 30.3 Å². The Morgan fingerprint density at radius 3 is 2.39 bits per heavy atom. The number of imide groups is 2. The van der Waals surface area contributed by atoms with Gasteiger partial charge in [-0.15, -0.1) is 0 Å². The molecule has 1 aromatic carbocycles. The highest BCUT2D eigenvalue weighted by atomic mass is 35.5. The average Bonchev–Trinajstić information content (AvgIpc) is 2.68. The summed E-state index contributed by atoms with van der Waals surface area (Å²) in [7, 11) is 0. The van der Waals surface area contributed by atoms with Crippen LogP contribution in [0.1, 0.15) is 13.3 Å². The summed E-state index contributed by atoms with van der Waals surface area (Å²) >= 11 is 11.7. The minimum atomic E-state index is -1.01. The molecule has 1 saturated heterocycles. The molecule has 0 aliphatic carbocycles. The van der Waals surface area contributed by atoms with Crippen LogP contribution < -0.4 is 5.32 Å². The lowest BCUT2D eigenvalue weighted by atomic mass is 10.3. The van der Waals surface area contributed by atoms with Gasteiger partial charge in [0.2, 0.25) is 5.91 Å². The molecule has 1 heterocycles. The zero-order chi connectivity index (χ0) is 17.1. The van der Waals surface area contributed by atoms with Gasteiger partial charge in [0.05, 0.1) is 10.7 Å². The highest BCUT2D eigenvalue weighted by Gasteiger charge is 2.44. The van der Waals surface area contributed by atoms with Crippen LogP contribution in [0.4, 0.5) is 10.5 Å². The van der Waals surface area contributed by atoms with Crippen molar-refractivity contribution in [1.82, 2.24) is 9.80 Å². The molecule has 1 fully saturated rings. The molecule has 5 amide bonds. The number of hydrogen-bond donors (Lipinski definition) is 1. The molecule has 1 N–H and O–H groups in total. The Balaban J connectivity index is 2.06. The number of amides is 5. The number of urea groups is 1. The number of hydrogen-bond acceptors (Lipinski definition) is 4. The van der Waals surface area contributed by atoms with E-state index in [-0.39, 0.29) is 17.3 Å². The van der Waals surface area contributed by atoms with Gasteiger partial charge in [-0.3, -0.25) is 19.3 Å². The van der Waals surface area contributed by atoms with Gasteiger partial charge in [-0.1, -0.05) is 30.1 Å². The van der Waals surface area contributed by atoms with Gasteiger partial charge >= 0.3 is 17.8 Å². The molecule has 9 heteroatoms. The number of nitrogens with zero attached hydrogens (tertiary/aromatic N) is 2. The Bertz CT molecular complexity index is 693. The third kappa shape index (κ3) is 3.62. The summed E-state index contributed by atoms with van der Waals surface area (Å²) in [4.78, 5) is 48.9. The number of anilines is 1. The average molecular weight is 358 g/mol. The first kappa shape index (κ1) is 17.2. The molecule has 0 radical (unpaired) electrons. The van der Waals surface area contributed by atoms with Crippen molar-refractivity contribution in [2.24, 2.45) is 0 Å². The minimum absolute atomic E-state index is 0.130. The molecule has 2 rings (SSSR count). The Kier molecular flexibility index (Phi) is 5.23. The third-order valence-electron chi connectivity index (χ3n) is 3.09. The topological polar surface area (TPSA) is 86.8 Å². The first-order valence-electron chi connectivity index (χ1n) is 6.77. The summed E-state index contributed by atoms with van der Waals surface area (Å²) in [6.45, 7) is 1.33. The van der Waals surface area contributed by atoms with Crippen LogP contribution in [-0.2, 0) is 14.4 Å². The predicted octanol–water partition coefficient (Wildman–Crippen LogP) is 2.13. The number of benzene rings is 1. The molecule has 0 unspecified atom stereocenters. The SMILES string of the molecule is CCCN1C(=O)C(=O)N(CC(=O)Nc2ccc(Cl)cc2Cl)C1=O. The summed E-state index contributed by atoms with van der Waals surface area (Å²) in [5.41, 5.74) is 0.289. The Morgan fingerprint density at radius 2 is 1.78 bits per heavy atom. The van der Waals surface area contributed by atoms with E-state index in [9.17, 15) is 19.2 Å². The molecule has 0 saturated carbocycles. The van der Waals surface area contributed by atoms with Crippen molar-refractivity contribution < 1.29 is 19.2 Å². The fraction of sp³-hybridized carbons (Fsp3) is 0.286. The van der Waals surface area contributed by atoms with E-state index in [0.29, 0.717) is 16.3 Å². The molecule has 0 atom stereocenters. The predicted molar refractivity (Wildman–Crippen MR) is 84.2 cm³/mol. The molecule has 1 aliphatic rings. The van der Waals surface area contributed by atoms with Gasteiger partial charge in [-0.05, 0) is 24.6 Å². The first-order valence-corrected chi connectivity index (χ1v) is 7.53. The minimum Gasteiger partial charge on any atom is -0.323 e. The molecular formula is C14H13Cl2N3O4. The maximum absolute atomic E-state index is 12.0. The molecule has 122 valence electrons. The van der Waals surface area contributed by atoms with Crippen LogP contribution in [0, 0.1) is 0 Å². The quantitative estimate of drug-likeness (QED) is 0.645. The van der Waals surface area contributed by atoms with Gasteiger partial charge in [0.15, 0.2) is 0 Å². The Morgan fingerprint density at radius 1 is 1.13 bits per heavy atom. The van der Waals surface area contributed by atoms with Gasteiger partial charge in [0.1, 0.15) is 6.54 Å². The van der Waals surface area contributed by atoms with Crippen LogP contribution in [0.2, 0.25) is 10.0 Å². The maximum atomic E-state index is 12.0. The van der Waals surface area contributed by atoms with Crippen molar-refractivity contribution in [2.45, 2.75) is 13.3 Å². The van der Waals surface area contributed by atoms with Crippen LogP contribution >= 0.6 is 23.2 Å². The van der Waals surface area contributed by atoms with Crippen molar-refractivity contribution >= 4 is 52.6 Å². The van der Waals surface area contributed by atoms with E-state index in [1.807, 2.05) is 0 Å². The van der Waals surface area contributed by atoms with Gasteiger partial charge in [0.25, 0.3) is 0 Å². The maximum Gasteiger partial charge on any atom is 0.334 e. The summed E-state index contributed by atoms with van der Waals surface area (Å²) in [5, 5.41) is 3.08. The van der Waals surface area contributed by atoms with Crippen molar-refractivity contribution in [2.75, 3.05) is 18.4 Å². The fourth-order valence-electron chi connectivity index (χ4n) is 2.03. The second kappa shape index (κ2) is 6.97. The van der Waals surface area contributed by atoms with E-state index in [2.05, 4.69) is 5.32 Å². The van der Waals surface area contributed by atoms with Gasteiger partial charge in [-0.2, -0.15) is 0 Å². The second-order valence-electron chi connectivity index (χ2n) is 4.80. The molecule has 0 aromatic heterocycles. The molecule has 1 aliphatic heterocycles. The summed E-state index contributed by atoms with van der Waals surface area (Å²) in [5.74, 6) is -2.59. The van der Waals surface area contributed by atoms with Gasteiger partial charge in [0, 0.05) is 11.6 Å². The van der Waals surface area contributed by atoms with Gasteiger partial charge in [-0.25, -0.2) is 9.69 Å². The second-order valence-corrected chi connectivity index (χ2v) is 5.65. The normalized spacial score (nSPS) is 14.7. The first-order chi connectivity index (χ1) is 10.8. The standard InChI is InChI=1S/C14H13Cl2N3O4/c1-2-5-18-12(21)13(22)19(14(18)23)7-11(20)17-10-4-3-8(15)6-9(10)16/h3-4,6H,2,5,7H2,1H3,(H,17,20). The molecule has 7 nitrogen and oxygen atoms in total. The van der Waals surface area contributed by atoms with Gasteiger partial charge < -0.3 is 5.32 Å². The number of carbonyl (C=O) groups excluding carboxylic acids is 4. The third-order valence-corrected chi connectivity index (χ3v) is 3.64. The Labute approximate surface area is 142 Å². The monoisotopic (exact) mass is 357 g/mol. The molecule has 23 heavy (non-hydrogen) atoms.